The summed E-state index contributed by atoms with van der Waals surface area (Å²) in [6.07, 6.45) is 0. The minimum absolute atomic E-state index is 0.460. The lowest BCUT2D eigenvalue weighted by molar-refractivity contribution is 0.419. The summed E-state index contributed by atoms with van der Waals surface area (Å²) in [4.78, 5) is 6.84. The van der Waals surface area contributed by atoms with Crippen LogP contribution >= 0.6 is 11.3 Å². The lowest BCUT2D eigenvalue weighted by Crippen LogP contribution is -1.85. The Labute approximate surface area is 88.9 Å². The van der Waals surface area contributed by atoms with Gasteiger partial charge < -0.3 is 10.5 Å². The van der Waals surface area contributed by atoms with Crippen LogP contribution in [0.4, 0.5) is 10.8 Å². The molecular formula is C8H7N5OS. The van der Waals surface area contributed by atoms with E-state index in [1.807, 2.05) is 0 Å². The third kappa shape index (κ3) is 1.65. The molecule has 0 atom stereocenters. The highest BCUT2D eigenvalue weighted by molar-refractivity contribution is 7.22. The molecule has 0 unspecified atom stereocenters. The second-order valence-electron chi connectivity index (χ2n) is 2.74. The first-order valence-corrected chi connectivity index (χ1v) is 4.85. The van der Waals surface area contributed by atoms with Crippen LogP contribution in [0.15, 0.2) is 17.2 Å². The van der Waals surface area contributed by atoms with Crippen LogP contribution in [-0.4, -0.2) is 12.1 Å². The lowest BCUT2D eigenvalue weighted by atomic mass is 10.3. The number of nitrogen functional groups attached to an aromatic ring is 1. The van der Waals surface area contributed by atoms with Gasteiger partial charge in [0.25, 0.3) is 0 Å². The van der Waals surface area contributed by atoms with Gasteiger partial charge in [-0.25, -0.2) is 4.98 Å². The number of methoxy groups -OCH3 is 1. The largest absolute Gasteiger partial charge is 0.494 e. The monoisotopic (exact) mass is 221 g/mol. The van der Waals surface area contributed by atoms with E-state index in [4.69, 9.17) is 16.0 Å². The molecule has 0 fully saturated rings. The third-order valence-corrected chi connectivity index (χ3v) is 2.67. The fraction of sp³-hybridized carbons (Fsp3) is 0.125. The van der Waals surface area contributed by atoms with Gasteiger partial charge in [0, 0.05) is 10.6 Å². The van der Waals surface area contributed by atoms with E-state index in [9.17, 15) is 0 Å². The molecule has 2 aromatic rings. The molecule has 7 heteroatoms. The molecule has 0 spiro atoms. The summed E-state index contributed by atoms with van der Waals surface area (Å²) >= 11 is 1.33. The number of hydrogen-bond donors (Lipinski definition) is 1. The van der Waals surface area contributed by atoms with Gasteiger partial charge in [0.1, 0.15) is 11.3 Å². The summed E-state index contributed by atoms with van der Waals surface area (Å²) in [5.74, 6) is 0.558. The number of nitrogens with two attached hydrogens (primary N) is 1. The Morgan fingerprint density at radius 1 is 1.60 bits per heavy atom. The highest BCUT2D eigenvalue weighted by Crippen LogP contribution is 2.35. The maximum Gasteiger partial charge on any atom is 0.181 e. The molecule has 0 aliphatic heterocycles. The number of fused-ring (bicyclic) bond motifs is 1. The molecule has 15 heavy (non-hydrogen) atoms. The van der Waals surface area contributed by atoms with Crippen LogP contribution in [0.25, 0.3) is 20.7 Å². The summed E-state index contributed by atoms with van der Waals surface area (Å²) in [7, 11) is 1.53. The normalized spacial score (nSPS) is 9.93. The maximum absolute atomic E-state index is 8.34. The quantitative estimate of drug-likeness (QED) is 0.479. The predicted molar refractivity (Wildman–Crippen MR) is 59.4 cm³/mol. The summed E-state index contributed by atoms with van der Waals surface area (Å²) in [6.45, 7) is 0. The Morgan fingerprint density at radius 3 is 3.07 bits per heavy atom. The zero-order valence-corrected chi connectivity index (χ0v) is 8.65. The fourth-order valence-electron chi connectivity index (χ4n) is 1.27. The van der Waals surface area contributed by atoms with E-state index in [0.717, 1.165) is 4.70 Å². The van der Waals surface area contributed by atoms with Crippen molar-refractivity contribution in [2.24, 2.45) is 5.11 Å². The van der Waals surface area contributed by atoms with Crippen molar-refractivity contribution in [3.8, 4) is 5.75 Å². The van der Waals surface area contributed by atoms with Gasteiger partial charge in [-0.1, -0.05) is 16.5 Å². The van der Waals surface area contributed by atoms with Crippen molar-refractivity contribution >= 4 is 32.4 Å². The second kappa shape index (κ2) is 3.64. The van der Waals surface area contributed by atoms with Crippen LogP contribution in [-0.2, 0) is 0 Å². The number of ether oxygens (including phenoxy) is 1. The van der Waals surface area contributed by atoms with Crippen LogP contribution in [0.1, 0.15) is 0 Å². The number of rotatable bonds is 2. The Morgan fingerprint density at radius 2 is 2.40 bits per heavy atom. The van der Waals surface area contributed by atoms with Crippen molar-refractivity contribution in [3.63, 3.8) is 0 Å². The van der Waals surface area contributed by atoms with Gasteiger partial charge in [-0.15, -0.1) is 0 Å². The minimum Gasteiger partial charge on any atom is -0.494 e. The zero-order chi connectivity index (χ0) is 10.8. The Balaban J connectivity index is 2.75. The Hall–Kier alpha value is -1.98. The SMILES string of the molecule is COc1cc(N=[N+]=[N-])cc2sc(N)nc12. The molecule has 1 aromatic heterocycles. The van der Waals surface area contributed by atoms with Crippen LogP contribution in [0.3, 0.4) is 0 Å². The van der Waals surface area contributed by atoms with Crippen molar-refractivity contribution in [1.82, 2.24) is 4.98 Å². The topological polar surface area (TPSA) is 96.9 Å². The van der Waals surface area contributed by atoms with Gasteiger partial charge in [0.15, 0.2) is 5.13 Å². The molecule has 2 N–H and O–H groups in total. The molecule has 0 radical (unpaired) electrons. The third-order valence-electron chi connectivity index (χ3n) is 1.84. The average molecular weight is 221 g/mol. The van der Waals surface area contributed by atoms with Crippen molar-refractivity contribution < 1.29 is 4.74 Å². The molecule has 0 aliphatic rings. The highest BCUT2D eigenvalue weighted by atomic mass is 32.1. The zero-order valence-electron chi connectivity index (χ0n) is 7.84. The molecule has 0 bridgehead atoms. The van der Waals surface area contributed by atoms with E-state index in [1.54, 1.807) is 12.1 Å². The van der Waals surface area contributed by atoms with Gasteiger partial charge in [-0.05, 0) is 17.7 Å². The smallest absolute Gasteiger partial charge is 0.181 e. The molecule has 6 nitrogen and oxygen atoms in total. The molecule has 1 heterocycles. The average Bonchev–Trinajstić information content (AvgIpc) is 2.57. The van der Waals surface area contributed by atoms with E-state index < -0.39 is 0 Å². The molecule has 0 saturated carbocycles. The molecule has 0 amide bonds. The fourth-order valence-corrected chi connectivity index (χ4v) is 2.05. The van der Waals surface area contributed by atoms with Crippen molar-refractivity contribution in [2.75, 3.05) is 12.8 Å². The first-order chi connectivity index (χ1) is 7.24. The summed E-state index contributed by atoms with van der Waals surface area (Å²) in [5, 5.41) is 3.97. The van der Waals surface area contributed by atoms with Crippen LogP contribution < -0.4 is 10.5 Å². The number of anilines is 1. The molecule has 76 valence electrons. The van der Waals surface area contributed by atoms with E-state index in [2.05, 4.69) is 15.0 Å². The molecule has 0 saturated heterocycles. The number of benzene rings is 1. The maximum atomic E-state index is 8.34. The number of hydrogen-bond acceptors (Lipinski definition) is 5. The van der Waals surface area contributed by atoms with Gasteiger partial charge in [0.05, 0.1) is 11.8 Å². The summed E-state index contributed by atoms with van der Waals surface area (Å²) in [6, 6.07) is 3.35. The molecule has 0 aliphatic carbocycles. The molecule has 2 rings (SSSR count). The first kappa shape index (κ1) is 9.57. The van der Waals surface area contributed by atoms with E-state index >= 15 is 0 Å². The number of thiazole rings is 1. The number of aromatic nitrogens is 1. The summed E-state index contributed by atoms with van der Waals surface area (Å²) in [5.41, 5.74) is 15.1. The van der Waals surface area contributed by atoms with Gasteiger partial charge >= 0.3 is 0 Å². The van der Waals surface area contributed by atoms with E-state index in [0.29, 0.717) is 22.1 Å². The minimum atomic E-state index is 0.460. The van der Waals surface area contributed by atoms with Crippen LogP contribution in [0.2, 0.25) is 0 Å². The highest BCUT2D eigenvalue weighted by Gasteiger charge is 2.08. The molecule has 1 aromatic carbocycles. The standard InChI is InChI=1S/C8H7N5OS/c1-14-5-2-4(12-13-10)3-6-7(5)11-8(9)15-6/h2-3H,1H3,(H2,9,11). The Bertz CT molecular complexity index is 557. The van der Waals surface area contributed by atoms with Crippen LogP contribution in [0, 0.1) is 0 Å². The van der Waals surface area contributed by atoms with Gasteiger partial charge in [0.2, 0.25) is 0 Å². The summed E-state index contributed by atoms with van der Waals surface area (Å²) < 4.78 is 5.97. The molecular weight excluding hydrogens is 214 g/mol. The van der Waals surface area contributed by atoms with Crippen LogP contribution in [0.5, 0.6) is 5.75 Å². The van der Waals surface area contributed by atoms with Crippen molar-refractivity contribution in [2.45, 2.75) is 0 Å². The van der Waals surface area contributed by atoms with Gasteiger partial charge in [-0.3, -0.25) is 0 Å². The number of nitrogens with zero attached hydrogens (tertiary/aromatic N) is 4. The van der Waals surface area contributed by atoms with Gasteiger partial charge in [-0.2, -0.15) is 0 Å². The Kier molecular flexibility index (Phi) is 2.32. The van der Waals surface area contributed by atoms with Crippen molar-refractivity contribution in [1.29, 1.82) is 0 Å². The number of azide groups is 1. The predicted octanol–water partition coefficient (Wildman–Crippen LogP) is 2.83. The second-order valence-corrected chi connectivity index (χ2v) is 3.80. The lowest BCUT2D eigenvalue weighted by Gasteiger charge is -2.01. The first-order valence-electron chi connectivity index (χ1n) is 4.03. The van der Waals surface area contributed by atoms with E-state index in [1.165, 1.54) is 18.4 Å². The van der Waals surface area contributed by atoms with Crippen molar-refractivity contribution in [3.05, 3.63) is 22.6 Å². The van der Waals surface area contributed by atoms with E-state index in [-0.39, 0.29) is 0 Å².